The molecule has 2 fully saturated rings. The molecule has 3 atom stereocenters. The first-order chi connectivity index (χ1) is 8.29. The first-order valence-corrected chi connectivity index (χ1v) is 7.65. The normalized spacial score (nSPS) is 35.1. The van der Waals surface area contributed by atoms with Crippen molar-refractivity contribution in [2.45, 2.75) is 56.8 Å². The molecule has 2 saturated heterocycles. The van der Waals surface area contributed by atoms with Gasteiger partial charge in [0.15, 0.2) is 0 Å². The van der Waals surface area contributed by atoms with Crippen LogP contribution in [0.5, 0.6) is 0 Å². The first kappa shape index (κ1) is 11.7. The third-order valence-electron chi connectivity index (χ3n) is 4.60. The van der Waals surface area contributed by atoms with Crippen LogP contribution in [0.15, 0.2) is 17.5 Å². The predicted molar refractivity (Wildman–Crippen MR) is 73.5 cm³/mol. The summed E-state index contributed by atoms with van der Waals surface area (Å²) in [6, 6.07) is 7.45. The second-order valence-corrected chi connectivity index (χ2v) is 6.46. The van der Waals surface area contributed by atoms with E-state index in [4.69, 9.17) is 0 Å². The Bertz CT molecular complexity index is 348. The van der Waals surface area contributed by atoms with Gasteiger partial charge in [-0.05, 0) is 51.1 Å². The molecule has 0 aromatic carbocycles. The van der Waals surface area contributed by atoms with Gasteiger partial charge in [0, 0.05) is 29.0 Å². The molecule has 0 spiro atoms. The van der Waals surface area contributed by atoms with Crippen LogP contribution >= 0.6 is 11.3 Å². The molecule has 2 aliphatic rings. The van der Waals surface area contributed by atoms with Crippen LogP contribution in [0.1, 0.15) is 43.5 Å². The minimum atomic E-state index is 0.616. The van der Waals surface area contributed by atoms with Crippen LogP contribution in [-0.4, -0.2) is 30.1 Å². The fourth-order valence-electron chi connectivity index (χ4n) is 3.76. The molecular weight excluding hydrogens is 228 g/mol. The Kier molecular flexibility index (Phi) is 3.24. The lowest BCUT2D eigenvalue weighted by molar-refractivity contribution is 0.0804. The van der Waals surface area contributed by atoms with E-state index in [0.29, 0.717) is 6.04 Å². The lowest BCUT2D eigenvalue weighted by atomic mass is 9.95. The highest BCUT2D eigenvalue weighted by Crippen LogP contribution is 2.42. The van der Waals surface area contributed by atoms with Gasteiger partial charge in [-0.25, -0.2) is 0 Å². The molecule has 3 heteroatoms. The summed E-state index contributed by atoms with van der Waals surface area (Å²) in [6.07, 6.45) is 5.47. The van der Waals surface area contributed by atoms with Gasteiger partial charge in [0.2, 0.25) is 0 Å². The Balaban J connectivity index is 1.77. The van der Waals surface area contributed by atoms with Crippen molar-refractivity contribution >= 4 is 11.3 Å². The summed E-state index contributed by atoms with van der Waals surface area (Å²) in [5, 5.41) is 5.68. The highest BCUT2D eigenvalue weighted by molar-refractivity contribution is 7.10. The topological polar surface area (TPSA) is 15.3 Å². The average molecular weight is 250 g/mol. The summed E-state index contributed by atoms with van der Waals surface area (Å²) in [7, 11) is 2.11. The van der Waals surface area contributed by atoms with E-state index in [1.54, 1.807) is 0 Å². The van der Waals surface area contributed by atoms with Gasteiger partial charge in [0.25, 0.3) is 0 Å². The average Bonchev–Trinajstić information content (AvgIpc) is 2.95. The molecule has 3 heterocycles. The Morgan fingerprint density at radius 2 is 2.06 bits per heavy atom. The molecule has 0 amide bonds. The molecule has 2 aliphatic heterocycles. The molecular formula is C14H22N2S. The zero-order valence-electron chi connectivity index (χ0n) is 10.7. The molecule has 3 unspecified atom stereocenters. The number of nitrogens with one attached hydrogen (secondary N) is 1. The molecule has 17 heavy (non-hydrogen) atoms. The lowest BCUT2D eigenvalue weighted by Gasteiger charge is -2.42. The van der Waals surface area contributed by atoms with Crippen molar-refractivity contribution < 1.29 is 0 Å². The second kappa shape index (κ2) is 4.71. The largest absolute Gasteiger partial charge is 0.317 e. The summed E-state index contributed by atoms with van der Waals surface area (Å²) in [4.78, 5) is 4.32. The summed E-state index contributed by atoms with van der Waals surface area (Å²) in [5.41, 5.74) is 0. The number of thiophene rings is 1. The lowest BCUT2D eigenvalue weighted by Crippen LogP contribution is -2.48. The minimum absolute atomic E-state index is 0.616. The van der Waals surface area contributed by atoms with Crippen molar-refractivity contribution in [3.05, 3.63) is 22.4 Å². The van der Waals surface area contributed by atoms with Gasteiger partial charge in [0.05, 0.1) is 0 Å². The van der Waals surface area contributed by atoms with Gasteiger partial charge < -0.3 is 5.32 Å². The predicted octanol–water partition coefficient (Wildman–Crippen LogP) is 3.02. The van der Waals surface area contributed by atoms with Crippen molar-refractivity contribution in [2.24, 2.45) is 0 Å². The van der Waals surface area contributed by atoms with E-state index < -0.39 is 0 Å². The Morgan fingerprint density at radius 3 is 2.59 bits per heavy atom. The quantitative estimate of drug-likeness (QED) is 0.887. The molecule has 0 saturated carbocycles. The summed E-state index contributed by atoms with van der Waals surface area (Å²) < 4.78 is 0. The monoisotopic (exact) mass is 250 g/mol. The third-order valence-corrected chi connectivity index (χ3v) is 5.64. The van der Waals surface area contributed by atoms with Gasteiger partial charge in [-0.1, -0.05) is 6.07 Å². The maximum absolute atomic E-state index is 3.47. The van der Waals surface area contributed by atoms with E-state index >= 15 is 0 Å². The van der Waals surface area contributed by atoms with Gasteiger partial charge in [-0.2, -0.15) is 0 Å². The number of rotatable bonds is 3. The first-order valence-electron chi connectivity index (χ1n) is 6.77. The summed E-state index contributed by atoms with van der Waals surface area (Å²) >= 11 is 1.91. The fourth-order valence-corrected chi connectivity index (χ4v) is 4.55. The van der Waals surface area contributed by atoms with E-state index in [1.165, 1.54) is 30.6 Å². The number of nitrogens with zero attached hydrogens (tertiary/aromatic N) is 1. The molecule has 2 nitrogen and oxygen atoms in total. The van der Waals surface area contributed by atoms with Crippen LogP contribution in [0.4, 0.5) is 0 Å². The van der Waals surface area contributed by atoms with Crippen LogP contribution < -0.4 is 5.32 Å². The number of fused-ring (bicyclic) bond motifs is 2. The number of hydrogen-bond donors (Lipinski definition) is 1. The van der Waals surface area contributed by atoms with Crippen molar-refractivity contribution in [1.82, 2.24) is 10.2 Å². The van der Waals surface area contributed by atoms with E-state index in [2.05, 4.69) is 41.7 Å². The molecule has 0 radical (unpaired) electrons. The van der Waals surface area contributed by atoms with Gasteiger partial charge in [-0.3, -0.25) is 4.90 Å². The molecule has 2 bridgehead atoms. The van der Waals surface area contributed by atoms with Crippen molar-refractivity contribution in [2.75, 3.05) is 7.05 Å². The van der Waals surface area contributed by atoms with E-state index in [-0.39, 0.29) is 0 Å². The van der Waals surface area contributed by atoms with Crippen LogP contribution in [0, 0.1) is 0 Å². The number of hydrogen-bond acceptors (Lipinski definition) is 3. The molecule has 3 rings (SSSR count). The maximum atomic E-state index is 3.47. The van der Waals surface area contributed by atoms with Crippen molar-refractivity contribution in [3.8, 4) is 0 Å². The highest BCUT2D eigenvalue weighted by Gasteiger charge is 2.42. The smallest absolute Gasteiger partial charge is 0.0419 e. The standard InChI is InChI=1S/C14H22N2S/c1-10(14-4-3-7-17-14)16-12-5-6-13(16)9-11(8-12)15-2/h3-4,7,10-13,15H,5-6,8-9H2,1-2H3. The maximum Gasteiger partial charge on any atom is 0.0419 e. The van der Waals surface area contributed by atoms with Crippen LogP contribution in [0.3, 0.4) is 0 Å². The van der Waals surface area contributed by atoms with Gasteiger partial charge in [-0.15, -0.1) is 11.3 Å². The molecule has 1 aromatic rings. The zero-order valence-corrected chi connectivity index (χ0v) is 11.5. The second-order valence-electron chi connectivity index (χ2n) is 5.48. The Morgan fingerprint density at radius 1 is 1.35 bits per heavy atom. The molecule has 1 aromatic heterocycles. The van der Waals surface area contributed by atoms with Crippen molar-refractivity contribution in [3.63, 3.8) is 0 Å². The SMILES string of the molecule is CNC1CC2CCC(C1)N2C(C)c1cccs1. The zero-order chi connectivity index (χ0) is 11.8. The van der Waals surface area contributed by atoms with Crippen molar-refractivity contribution in [1.29, 1.82) is 0 Å². The Hall–Kier alpha value is -0.380. The summed E-state index contributed by atoms with van der Waals surface area (Å²) in [6.45, 7) is 2.39. The fraction of sp³-hybridized carbons (Fsp3) is 0.714. The Labute approximate surface area is 108 Å². The van der Waals surface area contributed by atoms with Crippen LogP contribution in [0.2, 0.25) is 0 Å². The summed E-state index contributed by atoms with van der Waals surface area (Å²) in [5.74, 6) is 0. The van der Waals surface area contributed by atoms with E-state index in [0.717, 1.165) is 18.1 Å². The highest BCUT2D eigenvalue weighted by atomic mass is 32.1. The minimum Gasteiger partial charge on any atom is -0.317 e. The van der Waals surface area contributed by atoms with Crippen LogP contribution in [0.25, 0.3) is 0 Å². The van der Waals surface area contributed by atoms with Gasteiger partial charge >= 0.3 is 0 Å². The molecule has 0 aliphatic carbocycles. The number of piperidine rings is 1. The van der Waals surface area contributed by atoms with Crippen LogP contribution in [-0.2, 0) is 0 Å². The van der Waals surface area contributed by atoms with E-state index in [1.807, 2.05) is 11.3 Å². The third kappa shape index (κ3) is 2.05. The molecule has 94 valence electrons. The van der Waals surface area contributed by atoms with E-state index in [9.17, 15) is 0 Å². The molecule has 1 N–H and O–H groups in total. The van der Waals surface area contributed by atoms with Gasteiger partial charge in [0.1, 0.15) is 0 Å².